The van der Waals surface area contributed by atoms with E-state index in [1.807, 2.05) is 31.2 Å². The second-order valence-electron chi connectivity index (χ2n) is 4.72. The van der Waals surface area contributed by atoms with Crippen LogP contribution in [0, 0.1) is 13.8 Å². The monoisotopic (exact) mass is 316 g/mol. The molecule has 0 saturated heterocycles. The van der Waals surface area contributed by atoms with Crippen LogP contribution in [0.5, 0.6) is 0 Å². The summed E-state index contributed by atoms with van der Waals surface area (Å²) in [6, 6.07) is 9.77. The van der Waals surface area contributed by atoms with Crippen LogP contribution in [0.3, 0.4) is 0 Å². The Morgan fingerprint density at radius 2 is 1.89 bits per heavy atom. The van der Waals surface area contributed by atoms with Crippen LogP contribution in [0.2, 0.25) is 0 Å². The summed E-state index contributed by atoms with van der Waals surface area (Å²) in [5.41, 5.74) is 11.4. The third-order valence-corrected chi connectivity index (χ3v) is 3.44. The van der Waals surface area contributed by atoms with E-state index in [2.05, 4.69) is 33.9 Å². The van der Waals surface area contributed by atoms with Gasteiger partial charge in [0.1, 0.15) is 5.52 Å². The molecule has 3 nitrogen and oxygen atoms in total. The Hall–Kier alpha value is -1.81. The molecular weight excluding hydrogens is 304 g/mol. The number of nitrogens with zero attached hydrogens (tertiary/aromatic N) is 1. The fourth-order valence-electron chi connectivity index (χ4n) is 2.24. The van der Waals surface area contributed by atoms with Crippen LogP contribution in [-0.4, -0.2) is 4.98 Å². The molecule has 0 fully saturated rings. The van der Waals surface area contributed by atoms with Crippen molar-refractivity contribution < 1.29 is 4.42 Å². The lowest BCUT2D eigenvalue weighted by molar-refractivity contribution is 0.617. The van der Waals surface area contributed by atoms with Gasteiger partial charge in [-0.3, -0.25) is 0 Å². The van der Waals surface area contributed by atoms with Crippen molar-refractivity contribution in [2.75, 3.05) is 5.73 Å². The predicted molar refractivity (Wildman–Crippen MR) is 81.0 cm³/mol. The molecule has 0 unspecified atom stereocenters. The number of oxazole rings is 1. The number of nitrogens with two attached hydrogens (primary N) is 1. The Morgan fingerprint density at radius 3 is 2.63 bits per heavy atom. The smallest absolute Gasteiger partial charge is 0.227 e. The van der Waals surface area contributed by atoms with Gasteiger partial charge in [0.2, 0.25) is 5.89 Å². The zero-order valence-corrected chi connectivity index (χ0v) is 12.3. The number of rotatable bonds is 1. The molecule has 0 aliphatic rings. The number of nitrogen functional groups attached to an aromatic ring is 1. The summed E-state index contributed by atoms with van der Waals surface area (Å²) >= 11 is 3.43. The second kappa shape index (κ2) is 4.38. The van der Waals surface area contributed by atoms with Crippen molar-refractivity contribution in [1.29, 1.82) is 0 Å². The summed E-state index contributed by atoms with van der Waals surface area (Å²) in [5, 5.41) is 0. The molecule has 2 aromatic carbocycles. The van der Waals surface area contributed by atoms with Crippen LogP contribution in [0.4, 0.5) is 5.69 Å². The molecular formula is C15H13BrN2O. The lowest BCUT2D eigenvalue weighted by Crippen LogP contribution is -1.86. The van der Waals surface area contributed by atoms with Gasteiger partial charge in [0.05, 0.1) is 0 Å². The average Bonchev–Trinajstić information content (AvgIpc) is 2.71. The molecule has 19 heavy (non-hydrogen) atoms. The maximum Gasteiger partial charge on any atom is 0.227 e. The van der Waals surface area contributed by atoms with Gasteiger partial charge in [-0.25, -0.2) is 4.98 Å². The van der Waals surface area contributed by atoms with Crippen LogP contribution in [0.25, 0.3) is 22.6 Å². The summed E-state index contributed by atoms with van der Waals surface area (Å²) < 4.78 is 6.78. The van der Waals surface area contributed by atoms with Gasteiger partial charge in [0.25, 0.3) is 0 Å². The molecule has 0 spiro atoms. The number of benzene rings is 2. The fraction of sp³-hybridized carbons (Fsp3) is 0.133. The van der Waals surface area contributed by atoms with Gasteiger partial charge in [-0.1, -0.05) is 22.0 Å². The predicted octanol–water partition coefficient (Wildman–Crippen LogP) is 4.46. The van der Waals surface area contributed by atoms with E-state index in [0.29, 0.717) is 11.6 Å². The first-order valence-corrected chi connectivity index (χ1v) is 6.76. The molecule has 0 aliphatic heterocycles. The standard InChI is InChI=1S/C15H13BrN2O/c1-8-3-9(2)14-13(4-8)18-15(19-14)10-5-11(16)7-12(17)6-10/h3-7H,17H2,1-2H3. The molecule has 96 valence electrons. The van der Waals surface area contributed by atoms with Crippen molar-refractivity contribution in [3.05, 3.63) is 45.9 Å². The molecule has 1 aromatic heterocycles. The Bertz CT molecular complexity index is 757. The highest BCUT2D eigenvalue weighted by Crippen LogP contribution is 2.30. The second-order valence-corrected chi connectivity index (χ2v) is 5.64. The normalized spacial score (nSPS) is 11.1. The van der Waals surface area contributed by atoms with Crippen molar-refractivity contribution in [3.8, 4) is 11.5 Å². The van der Waals surface area contributed by atoms with Crippen LogP contribution in [0.1, 0.15) is 11.1 Å². The van der Waals surface area contributed by atoms with Crippen molar-refractivity contribution in [2.24, 2.45) is 0 Å². The van der Waals surface area contributed by atoms with Gasteiger partial charge in [-0.05, 0) is 49.2 Å². The number of aryl methyl sites for hydroxylation is 2. The number of anilines is 1. The number of fused-ring (bicyclic) bond motifs is 1. The molecule has 3 rings (SSSR count). The minimum Gasteiger partial charge on any atom is -0.436 e. The van der Waals surface area contributed by atoms with E-state index in [4.69, 9.17) is 10.2 Å². The van der Waals surface area contributed by atoms with Gasteiger partial charge in [-0.2, -0.15) is 0 Å². The number of halogens is 1. The van der Waals surface area contributed by atoms with E-state index in [0.717, 1.165) is 26.7 Å². The topological polar surface area (TPSA) is 52.0 Å². The van der Waals surface area contributed by atoms with E-state index in [9.17, 15) is 0 Å². The van der Waals surface area contributed by atoms with E-state index in [-0.39, 0.29) is 0 Å². The zero-order valence-electron chi connectivity index (χ0n) is 10.7. The molecule has 3 aromatic rings. The molecule has 4 heteroatoms. The molecule has 0 atom stereocenters. The Morgan fingerprint density at radius 1 is 1.11 bits per heavy atom. The highest BCUT2D eigenvalue weighted by molar-refractivity contribution is 9.10. The Balaban J connectivity index is 2.23. The largest absolute Gasteiger partial charge is 0.436 e. The zero-order chi connectivity index (χ0) is 13.6. The third-order valence-electron chi connectivity index (χ3n) is 2.99. The van der Waals surface area contributed by atoms with Crippen molar-refractivity contribution >= 4 is 32.7 Å². The molecule has 0 bridgehead atoms. The maximum atomic E-state index is 5.86. The fourth-order valence-corrected chi connectivity index (χ4v) is 2.75. The molecule has 0 saturated carbocycles. The van der Waals surface area contributed by atoms with Crippen LogP contribution in [-0.2, 0) is 0 Å². The van der Waals surface area contributed by atoms with Crippen LogP contribution < -0.4 is 5.73 Å². The molecule has 0 radical (unpaired) electrons. The van der Waals surface area contributed by atoms with Crippen molar-refractivity contribution in [3.63, 3.8) is 0 Å². The summed E-state index contributed by atoms with van der Waals surface area (Å²) in [6.07, 6.45) is 0. The quantitative estimate of drug-likeness (QED) is 0.674. The van der Waals surface area contributed by atoms with Gasteiger partial charge in [0.15, 0.2) is 5.58 Å². The SMILES string of the molecule is Cc1cc(C)c2oc(-c3cc(N)cc(Br)c3)nc2c1. The minimum absolute atomic E-state index is 0.594. The van der Waals surface area contributed by atoms with E-state index in [1.165, 1.54) is 5.56 Å². The minimum atomic E-state index is 0.594. The lowest BCUT2D eigenvalue weighted by Gasteiger charge is -1.99. The molecule has 0 aliphatic carbocycles. The summed E-state index contributed by atoms with van der Waals surface area (Å²) in [4.78, 5) is 4.54. The van der Waals surface area contributed by atoms with E-state index >= 15 is 0 Å². The first-order valence-electron chi connectivity index (χ1n) is 5.97. The van der Waals surface area contributed by atoms with E-state index < -0.39 is 0 Å². The highest BCUT2D eigenvalue weighted by Gasteiger charge is 2.11. The van der Waals surface area contributed by atoms with Crippen molar-refractivity contribution in [2.45, 2.75) is 13.8 Å². The Kier molecular flexibility index (Phi) is 2.82. The molecule has 0 amide bonds. The van der Waals surface area contributed by atoms with Crippen molar-refractivity contribution in [1.82, 2.24) is 4.98 Å². The first-order chi connectivity index (χ1) is 9.02. The number of hydrogen-bond acceptors (Lipinski definition) is 3. The maximum absolute atomic E-state index is 5.86. The van der Waals surface area contributed by atoms with Gasteiger partial charge >= 0.3 is 0 Å². The van der Waals surface area contributed by atoms with Gasteiger partial charge in [-0.15, -0.1) is 0 Å². The Labute approximate surface area is 119 Å². The number of hydrogen-bond donors (Lipinski definition) is 1. The van der Waals surface area contributed by atoms with Crippen LogP contribution in [0.15, 0.2) is 39.2 Å². The molecule has 2 N–H and O–H groups in total. The van der Waals surface area contributed by atoms with E-state index in [1.54, 1.807) is 0 Å². The van der Waals surface area contributed by atoms with Gasteiger partial charge in [0, 0.05) is 15.7 Å². The summed E-state index contributed by atoms with van der Waals surface area (Å²) in [5.74, 6) is 0.594. The summed E-state index contributed by atoms with van der Waals surface area (Å²) in [7, 11) is 0. The third kappa shape index (κ3) is 2.24. The number of aromatic nitrogens is 1. The van der Waals surface area contributed by atoms with Gasteiger partial charge < -0.3 is 10.2 Å². The first kappa shape index (κ1) is 12.2. The van der Waals surface area contributed by atoms with Crippen LogP contribution >= 0.6 is 15.9 Å². The summed E-state index contributed by atoms with van der Waals surface area (Å²) in [6.45, 7) is 4.08. The average molecular weight is 317 g/mol. The molecule has 1 heterocycles. The highest BCUT2D eigenvalue weighted by atomic mass is 79.9. The lowest BCUT2D eigenvalue weighted by atomic mass is 10.1.